The summed E-state index contributed by atoms with van der Waals surface area (Å²) in [5.41, 5.74) is 2.57. The first-order valence-corrected chi connectivity index (χ1v) is 9.70. The zero-order valence-electron chi connectivity index (χ0n) is 16.0. The van der Waals surface area contributed by atoms with E-state index in [1.807, 2.05) is 24.3 Å². The van der Waals surface area contributed by atoms with Crippen molar-refractivity contribution < 1.29 is 9.18 Å². The number of pyridine rings is 1. The molecule has 0 bridgehead atoms. The lowest BCUT2D eigenvalue weighted by Crippen LogP contribution is -2.43. The van der Waals surface area contributed by atoms with Gasteiger partial charge in [0.25, 0.3) is 0 Å². The Balaban J connectivity index is 1.36. The minimum absolute atomic E-state index is 0.0129. The molecule has 1 amide bonds. The number of piperidine rings is 1. The fourth-order valence-electron chi connectivity index (χ4n) is 3.50. The van der Waals surface area contributed by atoms with E-state index in [1.165, 1.54) is 12.1 Å². The first-order chi connectivity index (χ1) is 14.2. The molecule has 0 spiro atoms. The zero-order valence-corrected chi connectivity index (χ0v) is 16.0. The van der Waals surface area contributed by atoms with E-state index >= 15 is 0 Å². The number of halogens is 1. The number of hydrogen-bond donors (Lipinski definition) is 1. The molecule has 6 nitrogen and oxygen atoms in total. The first-order valence-electron chi connectivity index (χ1n) is 9.70. The van der Waals surface area contributed by atoms with E-state index in [1.54, 1.807) is 24.5 Å². The van der Waals surface area contributed by atoms with Crippen LogP contribution in [0.3, 0.4) is 0 Å². The summed E-state index contributed by atoms with van der Waals surface area (Å²) in [6.45, 7) is 1.86. The van der Waals surface area contributed by atoms with E-state index in [2.05, 4.69) is 25.4 Å². The van der Waals surface area contributed by atoms with Gasteiger partial charge in [0.1, 0.15) is 5.82 Å². The lowest BCUT2D eigenvalue weighted by atomic mass is 9.97. The number of rotatable bonds is 5. The van der Waals surface area contributed by atoms with E-state index in [0.29, 0.717) is 13.1 Å². The van der Waals surface area contributed by atoms with Gasteiger partial charge in [0, 0.05) is 37.6 Å². The summed E-state index contributed by atoms with van der Waals surface area (Å²) in [6, 6.07) is 13.8. The van der Waals surface area contributed by atoms with Gasteiger partial charge in [-0.05, 0) is 54.8 Å². The molecule has 4 rings (SSSR count). The number of nitrogens with one attached hydrogen (secondary N) is 1. The maximum atomic E-state index is 13.0. The highest BCUT2D eigenvalue weighted by atomic mass is 19.1. The van der Waals surface area contributed by atoms with E-state index in [9.17, 15) is 9.18 Å². The second-order valence-electron chi connectivity index (χ2n) is 7.15. The van der Waals surface area contributed by atoms with Crippen molar-refractivity contribution in [3.8, 4) is 11.3 Å². The molecule has 0 radical (unpaired) electrons. The number of benzene rings is 1. The highest BCUT2D eigenvalue weighted by Crippen LogP contribution is 2.23. The summed E-state index contributed by atoms with van der Waals surface area (Å²) in [5, 5.41) is 11.6. The van der Waals surface area contributed by atoms with Crippen LogP contribution in [0.2, 0.25) is 0 Å². The van der Waals surface area contributed by atoms with Crippen LogP contribution in [0.25, 0.3) is 11.3 Å². The molecule has 0 saturated carbocycles. The van der Waals surface area contributed by atoms with Crippen LogP contribution in [-0.4, -0.2) is 34.2 Å². The average Bonchev–Trinajstić information content (AvgIpc) is 2.79. The molecule has 1 atom stereocenters. The minimum Gasteiger partial charge on any atom is -0.354 e. The molecular formula is C22H22FN5O. The van der Waals surface area contributed by atoms with Crippen LogP contribution in [-0.2, 0) is 11.3 Å². The van der Waals surface area contributed by atoms with Gasteiger partial charge in [-0.25, -0.2) is 4.39 Å². The molecule has 1 aliphatic rings. The van der Waals surface area contributed by atoms with Crippen molar-refractivity contribution in [1.82, 2.24) is 20.5 Å². The monoisotopic (exact) mass is 391 g/mol. The van der Waals surface area contributed by atoms with E-state index < -0.39 is 0 Å². The first kappa shape index (κ1) is 19.0. The fraction of sp³-hybridized carbons (Fsp3) is 0.273. The smallest absolute Gasteiger partial charge is 0.225 e. The van der Waals surface area contributed by atoms with Crippen molar-refractivity contribution in [2.75, 3.05) is 18.0 Å². The van der Waals surface area contributed by atoms with Gasteiger partial charge in [-0.3, -0.25) is 9.78 Å². The largest absolute Gasteiger partial charge is 0.354 e. The Morgan fingerprint density at radius 3 is 2.72 bits per heavy atom. The summed E-state index contributed by atoms with van der Waals surface area (Å²) in [5.74, 6) is 0.398. The molecule has 3 aromatic rings. The van der Waals surface area contributed by atoms with Gasteiger partial charge in [-0.1, -0.05) is 12.1 Å². The van der Waals surface area contributed by atoms with Gasteiger partial charge in [-0.2, -0.15) is 0 Å². The summed E-state index contributed by atoms with van der Waals surface area (Å²) >= 11 is 0. The van der Waals surface area contributed by atoms with Gasteiger partial charge >= 0.3 is 0 Å². The molecule has 1 unspecified atom stereocenters. The van der Waals surface area contributed by atoms with Crippen molar-refractivity contribution in [2.24, 2.45) is 5.92 Å². The maximum Gasteiger partial charge on any atom is 0.225 e. The van der Waals surface area contributed by atoms with Crippen LogP contribution in [0.5, 0.6) is 0 Å². The van der Waals surface area contributed by atoms with Crippen molar-refractivity contribution in [1.29, 1.82) is 0 Å². The van der Waals surface area contributed by atoms with Crippen LogP contribution in [0.4, 0.5) is 10.2 Å². The molecule has 148 valence electrons. The third-order valence-corrected chi connectivity index (χ3v) is 5.10. The van der Waals surface area contributed by atoms with E-state index in [4.69, 9.17) is 0 Å². The average molecular weight is 391 g/mol. The normalized spacial score (nSPS) is 16.4. The lowest BCUT2D eigenvalue weighted by Gasteiger charge is -2.32. The Morgan fingerprint density at radius 2 is 2.00 bits per heavy atom. The van der Waals surface area contributed by atoms with Crippen LogP contribution in [0, 0.1) is 11.7 Å². The zero-order chi connectivity index (χ0) is 20.1. The molecule has 1 fully saturated rings. The highest BCUT2D eigenvalue weighted by Gasteiger charge is 2.26. The number of amides is 1. The Labute approximate surface area is 168 Å². The molecule has 0 aliphatic carbocycles. The number of aromatic nitrogens is 3. The van der Waals surface area contributed by atoms with Crippen LogP contribution in [0.15, 0.2) is 60.9 Å². The molecule has 7 heteroatoms. The molecule has 1 saturated heterocycles. The minimum atomic E-state index is -0.279. The maximum absolute atomic E-state index is 13.0. The number of carbonyl (C=O) groups excluding carboxylic acids is 1. The SMILES string of the molecule is O=C(NCc1ccc(F)cc1)C1CCCN(c2ccc(-c3cccnc3)nn2)C1. The molecule has 1 aromatic carbocycles. The fourth-order valence-corrected chi connectivity index (χ4v) is 3.50. The summed E-state index contributed by atoms with van der Waals surface area (Å²) in [7, 11) is 0. The topological polar surface area (TPSA) is 71.0 Å². The molecule has 29 heavy (non-hydrogen) atoms. The van der Waals surface area contributed by atoms with Crippen LogP contribution < -0.4 is 10.2 Å². The van der Waals surface area contributed by atoms with Crippen molar-refractivity contribution in [3.63, 3.8) is 0 Å². The van der Waals surface area contributed by atoms with Crippen molar-refractivity contribution in [2.45, 2.75) is 19.4 Å². The van der Waals surface area contributed by atoms with Crippen LogP contribution in [0.1, 0.15) is 18.4 Å². The number of nitrogens with zero attached hydrogens (tertiary/aromatic N) is 4. The van der Waals surface area contributed by atoms with Crippen molar-refractivity contribution >= 4 is 11.7 Å². The molecule has 1 aliphatic heterocycles. The Morgan fingerprint density at radius 1 is 1.14 bits per heavy atom. The van der Waals surface area contributed by atoms with Gasteiger partial charge < -0.3 is 10.2 Å². The Bertz CT molecular complexity index is 947. The van der Waals surface area contributed by atoms with Gasteiger partial charge in [-0.15, -0.1) is 10.2 Å². The van der Waals surface area contributed by atoms with Crippen molar-refractivity contribution in [3.05, 3.63) is 72.3 Å². The number of carbonyl (C=O) groups is 1. The third kappa shape index (κ3) is 4.74. The van der Waals surface area contributed by atoms with Gasteiger partial charge in [0.15, 0.2) is 5.82 Å². The predicted molar refractivity (Wildman–Crippen MR) is 108 cm³/mol. The Kier molecular flexibility index (Phi) is 5.74. The highest BCUT2D eigenvalue weighted by molar-refractivity contribution is 5.79. The van der Waals surface area contributed by atoms with Crippen LogP contribution >= 0.6 is 0 Å². The molecular weight excluding hydrogens is 369 g/mol. The lowest BCUT2D eigenvalue weighted by molar-refractivity contribution is -0.125. The van der Waals surface area contributed by atoms with Gasteiger partial charge in [0.05, 0.1) is 11.6 Å². The van der Waals surface area contributed by atoms with E-state index in [0.717, 1.165) is 42.0 Å². The summed E-state index contributed by atoms with van der Waals surface area (Å²) in [6.07, 6.45) is 5.24. The predicted octanol–water partition coefficient (Wildman–Crippen LogP) is 3.21. The summed E-state index contributed by atoms with van der Waals surface area (Å²) in [4.78, 5) is 18.8. The summed E-state index contributed by atoms with van der Waals surface area (Å²) < 4.78 is 13.0. The van der Waals surface area contributed by atoms with Gasteiger partial charge in [0.2, 0.25) is 5.91 Å². The third-order valence-electron chi connectivity index (χ3n) is 5.10. The number of hydrogen-bond acceptors (Lipinski definition) is 5. The quantitative estimate of drug-likeness (QED) is 0.723. The van der Waals surface area contributed by atoms with E-state index in [-0.39, 0.29) is 17.6 Å². The Hall–Kier alpha value is -3.35. The number of anilines is 1. The molecule has 3 heterocycles. The second-order valence-corrected chi connectivity index (χ2v) is 7.15. The molecule has 1 N–H and O–H groups in total. The molecule has 2 aromatic heterocycles. The second kappa shape index (κ2) is 8.77. The standard InChI is InChI=1S/C22H22FN5O/c23-19-7-5-16(6-8-19)13-25-22(29)18-4-2-12-28(15-18)21-10-9-20(26-27-21)17-3-1-11-24-14-17/h1,3,5-11,14,18H,2,4,12-13,15H2,(H,25,29).